The molecular formula is C20H22N6O2. The van der Waals surface area contributed by atoms with Gasteiger partial charge in [-0.25, -0.2) is 9.97 Å². The zero-order valence-electron chi connectivity index (χ0n) is 16.0. The first-order valence-electron chi connectivity index (χ1n) is 8.88. The third kappa shape index (κ3) is 4.59. The molecule has 0 saturated heterocycles. The quantitative estimate of drug-likeness (QED) is 0.710. The van der Waals surface area contributed by atoms with Crippen molar-refractivity contribution >= 4 is 17.5 Å². The molecule has 2 aromatic heterocycles. The fourth-order valence-corrected chi connectivity index (χ4v) is 2.81. The maximum atomic E-state index is 12.5. The maximum absolute atomic E-state index is 12.5. The smallest absolute Gasteiger partial charge is 0.247 e. The summed E-state index contributed by atoms with van der Waals surface area (Å²) in [5.41, 5.74) is 2.30. The average molecular weight is 378 g/mol. The third-order valence-electron chi connectivity index (χ3n) is 4.25. The van der Waals surface area contributed by atoms with Crippen LogP contribution in [0.5, 0.6) is 0 Å². The molecule has 0 radical (unpaired) electrons. The number of anilines is 1. The second-order valence-electron chi connectivity index (χ2n) is 6.47. The molecule has 3 rings (SSSR count). The van der Waals surface area contributed by atoms with Crippen molar-refractivity contribution in [1.29, 1.82) is 0 Å². The van der Waals surface area contributed by atoms with E-state index in [0.29, 0.717) is 11.5 Å². The van der Waals surface area contributed by atoms with Crippen LogP contribution in [-0.2, 0) is 9.59 Å². The first-order chi connectivity index (χ1) is 13.4. The average Bonchev–Trinajstić information content (AvgIpc) is 3.21. The number of likely N-dealkylation sites (N-methyl/N-ethyl adjacent to an activating group) is 1. The van der Waals surface area contributed by atoms with Crippen LogP contribution < -0.4 is 5.32 Å². The van der Waals surface area contributed by atoms with E-state index in [1.165, 1.54) is 4.90 Å². The van der Waals surface area contributed by atoms with Crippen LogP contribution in [0.1, 0.15) is 18.8 Å². The van der Waals surface area contributed by atoms with E-state index in [1.807, 2.05) is 31.2 Å². The summed E-state index contributed by atoms with van der Waals surface area (Å²) in [4.78, 5) is 34.7. The van der Waals surface area contributed by atoms with Crippen molar-refractivity contribution < 1.29 is 9.59 Å². The molecule has 0 bridgehead atoms. The summed E-state index contributed by atoms with van der Waals surface area (Å²) in [6.45, 7) is 3.52. The highest BCUT2D eigenvalue weighted by Gasteiger charge is 2.21. The van der Waals surface area contributed by atoms with E-state index in [-0.39, 0.29) is 18.4 Å². The number of nitrogens with one attached hydrogen (secondary N) is 1. The van der Waals surface area contributed by atoms with Crippen molar-refractivity contribution in [3.63, 3.8) is 0 Å². The molecule has 0 fully saturated rings. The van der Waals surface area contributed by atoms with Gasteiger partial charge in [0.15, 0.2) is 0 Å². The fourth-order valence-electron chi connectivity index (χ4n) is 2.81. The summed E-state index contributed by atoms with van der Waals surface area (Å²) in [5.74, 6) is 0.210. The SMILES string of the molecule is Cc1nccc(-c2cccc(NC(=O)CN(C)C(=O)C(C)n3cccn3)c2)n1. The van der Waals surface area contributed by atoms with Gasteiger partial charge in [-0.05, 0) is 38.1 Å². The van der Waals surface area contributed by atoms with Crippen LogP contribution in [0.2, 0.25) is 0 Å². The molecule has 1 atom stereocenters. The number of hydrogen-bond donors (Lipinski definition) is 1. The molecule has 0 aliphatic heterocycles. The summed E-state index contributed by atoms with van der Waals surface area (Å²) in [6.07, 6.45) is 5.03. The molecule has 1 N–H and O–H groups in total. The van der Waals surface area contributed by atoms with Crippen LogP contribution in [0.3, 0.4) is 0 Å². The van der Waals surface area contributed by atoms with E-state index in [2.05, 4.69) is 20.4 Å². The Kier molecular flexibility index (Phi) is 5.78. The molecule has 2 heterocycles. The number of carbonyl (C=O) groups excluding carboxylic acids is 2. The van der Waals surface area contributed by atoms with Crippen LogP contribution in [0.25, 0.3) is 11.3 Å². The maximum Gasteiger partial charge on any atom is 0.247 e. The van der Waals surface area contributed by atoms with E-state index < -0.39 is 6.04 Å². The summed E-state index contributed by atoms with van der Waals surface area (Å²) in [7, 11) is 1.60. The monoisotopic (exact) mass is 378 g/mol. The van der Waals surface area contributed by atoms with Gasteiger partial charge in [0.25, 0.3) is 0 Å². The van der Waals surface area contributed by atoms with Crippen molar-refractivity contribution in [2.75, 3.05) is 18.9 Å². The lowest BCUT2D eigenvalue weighted by Crippen LogP contribution is -2.38. The molecule has 0 saturated carbocycles. The predicted molar refractivity (Wildman–Crippen MR) is 105 cm³/mol. The second-order valence-corrected chi connectivity index (χ2v) is 6.47. The minimum Gasteiger partial charge on any atom is -0.335 e. The molecule has 0 aliphatic rings. The largest absolute Gasteiger partial charge is 0.335 e. The van der Waals surface area contributed by atoms with Crippen LogP contribution >= 0.6 is 0 Å². The molecule has 0 spiro atoms. The molecule has 1 unspecified atom stereocenters. The van der Waals surface area contributed by atoms with E-state index in [1.54, 1.807) is 49.4 Å². The van der Waals surface area contributed by atoms with E-state index in [4.69, 9.17) is 0 Å². The van der Waals surface area contributed by atoms with Gasteiger partial charge in [-0.15, -0.1) is 0 Å². The Hall–Kier alpha value is -3.55. The van der Waals surface area contributed by atoms with Crippen LogP contribution in [-0.4, -0.2) is 50.1 Å². The molecule has 8 heteroatoms. The van der Waals surface area contributed by atoms with Gasteiger partial charge in [0.2, 0.25) is 11.8 Å². The van der Waals surface area contributed by atoms with Gasteiger partial charge in [0.05, 0.1) is 12.2 Å². The first-order valence-corrected chi connectivity index (χ1v) is 8.88. The van der Waals surface area contributed by atoms with Gasteiger partial charge in [-0.1, -0.05) is 12.1 Å². The number of nitrogens with zero attached hydrogens (tertiary/aromatic N) is 5. The number of aryl methyl sites for hydroxylation is 1. The minimum absolute atomic E-state index is 0.0543. The molecule has 2 amide bonds. The number of aromatic nitrogens is 4. The molecule has 0 aliphatic carbocycles. The topological polar surface area (TPSA) is 93.0 Å². The zero-order valence-corrected chi connectivity index (χ0v) is 16.0. The van der Waals surface area contributed by atoms with Crippen LogP contribution in [0.15, 0.2) is 55.0 Å². The van der Waals surface area contributed by atoms with Gasteiger partial charge in [0.1, 0.15) is 11.9 Å². The highest BCUT2D eigenvalue weighted by atomic mass is 16.2. The van der Waals surface area contributed by atoms with E-state index >= 15 is 0 Å². The molecule has 8 nitrogen and oxygen atoms in total. The standard InChI is InChI=1S/C20H22N6O2/c1-14(26-11-5-9-22-26)20(28)25(3)13-19(27)24-17-7-4-6-16(12-17)18-8-10-21-15(2)23-18/h4-12,14H,13H2,1-3H3,(H,24,27). The Balaban J connectivity index is 1.63. The van der Waals surface area contributed by atoms with E-state index in [9.17, 15) is 9.59 Å². The highest BCUT2D eigenvalue weighted by Crippen LogP contribution is 2.20. The van der Waals surface area contributed by atoms with Crippen LogP contribution in [0, 0.1) is 6.92 Å². The lowest BCUT2D eigenvalue weighted by Gasteiger charge is -2.21. The highest BCUT2D eigenvalue weighted by molar-refractivity contribution is 5.95. The van der Waals surface area contributed by atoms with Crippen molar-refractivity contribution in [3.8, 4) is 11.3 Å². The Morgan fingerprint density at radius 1 is 1.21 bits per heavy atom. The Morgan fingerprint density at radius 3 is 2.75 bits per heavy atom. The van der Waals surface area contributed by atoms with Crippen molar-refractivity contribution in [2.24, 2.45) is 0 Å². The van der Waals surface area contributed by atoms with Crippen molar-refractivity contribution in [2.45, 2.75) is 19.9 Å². The molecule has 3 aromatic rings. The number of amides is 2. The fraction of sp³-hybridized carbons (Fsp3) is 0.250. The Bertz CT molecular complexity index is 970. The van der Waals surface area contributed by atoms with Gasteiger partial charge >= 0.3 is 0 Å². The van der Waals surface area contributed by atoms with Gasteiger partial charge < -0.3 is 10.2 Å². The molecule has 28 heavy (non-hydrogen) atoms. The molecule has 1 aromatic carbocycles. The molecular weight excluding hydrogens is 356 g/mol. The van der Waals surface area contributed by atoms with E-state index in [0.717, 1.165) is 11.3 Å². The van der Waals surface area contributed by atoms with Crippen LogP contribution in [0.4, 0.5) is 5.69 Å². The van der Waals surface area contributed by atoms with Crippen molar-refractivity contribution in [3.05, 3.63) is 60.8 Å². The third-order valence-corrected chi connectivity index (χ3v) is 4.25. The Labute approximate surface area is 163 Å². The first kappa shape index (κ1) is 19.2. The predicted octanol–water partition coefficient (Wildman–Crippen LogP) is 2.31. The minimum atomic E-state index is -0.475. The van der Waals surface area contributed by atoms with Gasteiger partial charge in [-0.2, -0.15) is 5.10 Å². The van der Waals surface area contributed by atoms with Gasteiger partial charge in [-0.3, -0.25) is 14.3 Å². The summed E-state index contributed by atoms with van der Waals surface area (Å²) < 4.78 is 1.56. The summed E-state index contributed by atoms with van der Waals surface area (Å²) in [5, 5.41) is 6.90. The number of benzene rings is 1. The lowest BCUT2D eigenvalue weighted by molar-refractivity contribution is -0.136. The molecule has 144 valence electrons. The Morgan fingerprint density at radius 2 is 2.04 bits per heavy atom. The zero-order chi connectivity index (χ0) is 20.1. The normalized spacial score (nSPS) is 11.7. The van der Waals surface area contributed by atoms with Gasteiger partial charge in [0, 0.05) is 36.9 Å². The summed E-state index contributed by atoms with van der Waals surface area (Å²) in [6, 6.07) is 10.5. The second kappa shape index (κ2) is 8.43. The summed E-state index contributed by atoms with van der Waals surface area (Å²) >= 11 is 0. The number of hydrogen-bond acceptors (Lipinski definition) is 5. The number of rotatable bonds is 6. The lowest BCUT2D eigenvalue weighted by atomic mass is 10.1. The number of carbonyl (C=O) groups is 2. The van der Waals surface area contributed by atoms with Crippen molar-refractivity contribution in [1.82, 2.24) is 24.6 Å².